The lowest BCUT2D eigenvalue weighted by Gasteiger charge is -2.32. The van der Waals surface area contributed by atoms with Crippen LogP contribution in [0.25, 0.3) is 0 Å². The first-order valence-electron chi connectivity index (χ1n) is 6.33. The Bertz CT molecular complexity index is 552. The van der Waals surface area contributed by atoms with E-state index in [2.05, 4.69) is 10.1 Å². The van der Waals surface area contributed by atoms with E-state index < -0.39 is 11.9 Å². The number of carbonyl (C=O) groups excluding carboxylic acids is 2. The topological polar surface area (TPSA) is 111 Å². The van der Waals surface area contributed by atoms with Crippen molar-refractivity contribution in [3.63, 3.8) is 0 Å². The molecule has 1 aromatic heterocycles. The summed E-state index contributed by atoms with van der Waals surface area (Å²) in [4.78, 5) is 25.4. The maximum absolute atomic E-state index is 11.7. The average Bonchev–Trinajstić information content (AvgIpc) is 2.72. The van der Waals surface area contributed by atoms with Crippen LogP contribution in [0.2, 0.25) is 0 Å². The van der Waals surface area contributed by atoms with Crippen LogP contribution in [0.5, 0.6) is 0 Å². The molecule has 8 heteroatoms. The second-order valence-corrected chi connectivity index (χ2v) is 6.49. The molecule has 7 nitrogen and oxygen atoms in total. The second kappa shape index (κ2) is 6.31. The van der Waals surface area contributed by atoms with E-state index in [9.17, 15) is 9.59 Å². The molecule has 21 heavy (non-hydrogen) atoms. The average molecular weight is 314 g/mol. The van der Waals surface area contributed by atoms with Gasteiger partial charge in [-0.05, 0) is 27.9 Å². The van der Waals surface area contributed by atoms with Gasteiger partial charge in [0.25, 0.3) is 5.91 Å². The first kappa shape index (κ1) is 17.3. The summed E-state index contributed by atoms with van der Waals surface area (Å²) in [5.74, 6) is -1.26. The van der Waals surface area contributed by atoms with Gasteiger partial charge in [0, 0.05) is 12.1 Å². The summed E-state index contributed by atoms with van der Waals surface area (Å²) in [5.41, 5.74) is 11.2. The summed E-state index contributed by atoms with van der Waals surface area (Å²) in [6.07, 6.45) is 0. The van der Waals surface area contributed by atoms with E-state index in [-0.39, 0.29) is 21.7 Å². The van der Waals surface area contributed by atoms with Crippen LogP contribution in [0.15, 0.2) is 0 Å². The first-order chi connectivity index (χ1) is 9.61. The molecule has 0 saturated heterocycles. The Kier molecular flexibility index (Phi) is 5.19. The van der Waals surface area contributed by atoms with E-state index in [0.717, 1.165) is 11.3 Å². The van der Waals surface area contributed by atoms with Crippen LogP contribution in [0, 0.1) is 0 Å². The molecule has 1 aromatic rings. The lowest BCUT2D eigenvalue weighted by atomic mass is 10.0. The molecule has 0 unspecified atom stereocenters. The number of amides is 1. The summed E-state index contributed by atoms with van der Waals surface area (Å²) >= 11 is 1.07. The van der Waals surface area contributed by atoms with Gasteiger partial charge in [-0.25, -0.2) is 4.79 Å². The number of ether oxygens (including phenoxy) is 1. The molecule has 0 spiro atoms. The Morgan fingerprint density at radius 3 is 2.38 bits per heavy atom. The van der Waals surface area contributed by atoms with Crippen LogP contribution in [-0.4, -0.2) is 50.1 Å². The van der Waals surface area contributed by atoms with Gasteiger partial charge in [0.2, 0.25) is 0 Å². The first-order valence-corrected chi connectivity index (χ1v) is 7.15. The van der Waals surface area contributed by atoms with Gasteiger partial charge in [-0.2, -0.15) is 0 Å². The largest absolute Gasteiger partial charge is 0.465 e. The SMILES string of the molecule is COC(=O)c1sc(NCC(C)(C)N(C)C)c(C(N)=O)c1N. The van der Waals surface area contributed by atoms with Gasteiger partial charge >= 0.3 is 5.97 Å². The maximum atomic E-state index is 11.7. The molecule has 0 atom stereocenters. The van der Waals surface area contributed by atoms with Crippen LogP contribution in [0.3, 0.4) is 0 Å². The normalized spacial score (nSPS) is 11.5. The van der Waals surface area contributed by atoms with E-state index in [1.807, 2.05) is 32.8 Å². The number of primary amides is 1. The van der Waals surface area contributed by atoms with Crippen molar-refractivity contribution in [2.24, 2.45) is 5.73 Å². The standard InChI is InChI=1S/C13H22N4O3S/c1-13(2,17(3)4)6-16-11-7(10(15)18)8(14)9(21-11)12(19)20-5/h16H,6,14H2,1-5H3,(H2,15,18). The van der Waals surface area contributed by atoms with Crippen LogP contribution >= 0.6 is 11.3 Å². The zero-order chi connectivity index (χ0) is 16.4. The number of thiophene rings is 1. The van der Waals surface area contributed by atoms with Crippen molar-refractivity contribution in [3.05, 3.63) is 10.4 Å². The molecule has 0 bridgehead atoms. The van der Waals surface area contributed by atoms with Gasteiger partial charge in [-0.1, -0.05) is 0 Å². The Labute approximate surface area is 128 Å². The lowest BCUT2D eigenvalue weighted by molar-refractivity contribution is 0.0607. The number of nitrogens with one attached hydrogen (secondary N) is 1. The molecule has 118 valence electrons. The summed E-state index contributed by atoms with van der Waals surface area (Å²) < 4.78 is 4.65. The Hall–Kier alpha value is -1.80. The summed E-state index contributed by atoms with van der Waals surface area (Å²) in [7, 11) is 5.17. The summed E-state index contributed by atoms with van der Waals surface area (Å²) in [5, 5.41) is 3.63. The van der Waals surface area contributed by atoms with Crippen molar-refractivity contribution in [2.45, 2.75) is 19.4 Å². The van der Waals surface area contributed by atoms with Crippen molar-refractivity contribution >= 4 is 33.9 Å². The fraction of sp³-hybridized carbons (Fsp3) is 0.538. The Balaban J connectivity index is 3.12. The highest BCUT2D eigenvalue weighted by molar-refractivity contribution is 7.19. The van der Waals surface area contributed by atoms with Gasteiger partial charge in [-0.15, -0.1) is 11.3 Å². The highest BCUT2D eigenvalue weighted by Crippen LogP contribution is 2.36. The third-order valence-electron chi connectivity index (χ3n) is 3.45. The quantitative estimate of drug-likeness (QED) is 0.675. The smallest absolute Gasteiger partial charge is 0.350 e. The van der Waals surface area contributed by atoms with Crippen molar-refractivity contribution in [1.29, 1.82) is 0 Å². The highest BCUT2D eigenvalue weighted by Gasteiger charge is 2.27. The molecule has 0 radical (unpaired) electrons. The predicted octanol–water partition coefficient (Wildman–Crippen LogP) is 0.968. The molecule has 0 fully saturated rings. The molecule has 1 amide bonds. The zero-order valence-electron chi connectivity index (χ0n) is 12.9. The van der Waals surface area contributed by atoms with E-state index in [0.29, 0.717) is 11.5 Å². The number of methoxy groups -OCH3 is 1. The van der Waals surface area contributed by atoms with Crippen molar-refractivity contribution in [3.8, 4) is 0 Å². The van der Waals surface area contributed by atoms with Crippen molar-refractivity contribution < 1.29 is 14.3 Å². The molecule has 1 heterocycles. The monoisotopic (exact) mass is 314 g/mol. The molecule has 0 aromatic carbocycles. The van der Waals surface area contributed by atoms with Crippen molar-refractivity contribution in [2.75, 3.05) is 38.8 Å². The van der Waals surface area contributed by atoms with Crippen LogP contribution in [-0.2, 0) is 4.74 Å². The number of hydrogen-bond acceptors (Lipinski definition) is 7. The fourth-order valence-corrected chi connectivity index (χ4v) is 2.55. The second-order valence-electron chi connectivity index (χ2n) is 5.47. The molecule has 0 aliphatic carbocycles. The van der Waals surface area contributed by atoms with E-state index >= 15 is 0 Å². The minimum absolute atomic E-state index is 0.0597. The number of esters is 1. The third-order valence-corrected chi connectivity index (χ3v) is 4.60. The Morgan fingerprint density at radius 2 is 1.95 bits per heavy atom. The summed E-state index contributed by atoms with van der Waals surface area (Å²) in [6.45, 7) is 4.64. The van der Waals surface area contributed by atoms with Gasteiger partial charge in [0.05, 0.1) is 18.4 Å². The van der Waals surface area contributed by atoms with Gasteiger partial charge < -0.3 is 26.4 Å². The number of nitrogens with two attached hydrogens (primary N) is 2. The van der Waals surface area contributed by atoms with Crippen LogP contribution in [0.4, 0.5) is 10.7 Å². The fourth-order valence-electron chi connectivity index (χ4n) is 1.51. The van der Waals surface area contributed by atoms with E-state index in [1.165, 1.54) is 7.11 Å². The number of likely N-dealkylation sites (N-methyl/N-ethyl adjacent to an activating group) is 1. The highest BCUT2D eigenvalue weighted by atomic mass is 32.1. The molecular formula is C13H22N4O3S. The van der Waals surface area contributed by atoms with Crippen LogP contribution in [0.1, 0.15) is 33.9 Å². The lowest BCUT2D eigenvalue weighted by Crippen LogP contribution is -2.44. The third kappa shape index (κ3) is 3.64. The number of nitrogens with zero attached hydrogens (tertiary/aromatic N) is 1. The number of nitrogen functional groups attached to an aromatic ring is 1. The minimum atomic E-state index is -0.677. The molecule has 5 N–H and O–H groups in total. The number of carbonyl (C=O) groups is 2. The number of anilines is 2. The van der Waals surface area contributed by atoms with Crippen molar-refractivity contribution in [1.82, 2.24) is 4.90 Å². The molecule has 0 saturated carbocycles. The van der Waals surface area contributed by atoms with Gasteiger partial charge in [0.15, 0.2) is 0 Å². The molecule has 0 aliphatic rings. The van der Waals surface area contributed by atoms with Gasteiger partial charge in [-0.3, -0.25) is 4.79 Å². The van der Waals surface area contributed by atoms with E-state index in [1.54, 1.807) is 0 Å². The van der Waals surface area contributed by atoms with Crippen LogP contribution < -0.4 is 16.8 Å². The van der Waals surface area contributed by atoms with Gasteiger partial charge in [0.1, 0.15) is 9.88 Å². The zero-order valence-corrected chi connectivity index (χ0v) is 13.8. The number of hydrogen-bond donors (Lipinski definition) is 3. The minimum Gasteiger partial charge on any atom is -0.465 e. The molecular weight excluding hydrogens is 292 g/mol. The molecule has 1 rings (SSSR count). The Morgan fingerprint density at radius 1 is 1.38 bits per heavy atom. The van der Waals surface area contributed by atoms with E-state index in [4.69, 9.17) is 11.5 Å². The molecule has 0 aliphatic heterocycles. The predicted molar refractivity (Wildman–Crippen MR) is 84.8 cm³/mol. The number of rotatable bonds is 6. The maximum Gasteiger partial charge on any atom is 0.350 e. The summed E-state index contributed by atoms with van der Waals surface area (Å²) in [6, 6.07) is 0.